The standard InChI is InChI=1S/C26H30F2N6O3/c1-4-29-21(35)15-5-6-16(18(11-15)37-3)31-23-30-13-17-20(32-23)34(25(8-9-25)22(36)33(17)2)19-12-24(19)7-10-26(27,28)14-24/h5-6,11,13,19H,4,7-10,12,14H2,1-3H3,(H,29,35)(H,30,31,32). The normalized spacial score (nSPS) is 26.3. The monoisotopic (exact) mass is 512 g/mol. The minimum Gasteiger partial charge on any atom is -0.495 e. The number of halogens is 2. The highest BCUT2D eigenvalue weighted by molar-refractivity contribution is 6.09. The number of fused-ring (bicyclic) bond motifs is 1. The Bertz CT molecular complexity index is 1300. The van der Waals surface area contributed by atoms with Crippen molar-refractivity contribution in [1.29, 1.82) is 0 Å². The summed E-state index contributed by atoms with van der Waals surface area (Å²) in [7, 11) is 3.23. The first-order valence-corrected chi connectivity index (χ1v) is 12.7. The van der Waals surface area contributed by atoms with Gasteiger partial charge in [0.2, 0.25) is 11.9 Å². The highest BCUT2D eigenvalue weighted by Gasteiger charge is 2.71. The number of aromatic nitrogens is 2. The second-order valence-corrected chi connectivity index (χ2v) is 10.7. The molecule has 2 aromatic rings. The van der Waals surface area contributed by atoms with E-state index >= 15 is 0 Å². The van der Waals surface area contributed by atoms with Crippen molar-refractivity contribution in [3.63, 3.8) is 0 Å². The second kappa shape index (κ2) is 8.00. The molecule has 37 heavy (non-hydrogen) atoms. The summed E-state index contributed by atoms with van der Waals surface area (Å²) in [5, 5.41) is 5.93. The summed E-state index contributed by atoms with van der Waals surface area (Å²) in [5.74, 6) is -1.56. The fourth-order valence-electron chi connectivity index (χ4n) is 6.18. The summed E-state index contributed by atoms with van der Waals surface area (Å²) in [4.78, 5) is 38.4. The molecule has 2 heterocycles. The minimum atomic E-state index is -2.65. The summed E-state index contributed by atoms with van der Waals surface area (Å²) in [6.45, 7) is 2.36. The quantitative estimate of drug-likeness (QED) is 0.606. The van der Waals surface area contributed by atoms with Crippen molar-refractivity contribution < 1.29 is 23.1 Å². The van der Waals surface area contributed by atoms with Gasteiger partial charge in [-0.15, -0.1) is 0 Å². The fourth-order valence-corrected chi connectivity index (χ4v) is 6.18. The van der Waals surface area contributed by atoms with E-state index in [2.05, 4.69) is 15.6 Å². The smallest absolute Gasteiger partial charge is 0.252 e. The van der Waals surface area contributed by atoms with Crippen molar-refractivity contribution in [3.05, 3.63) is 30.0 Å². The Kier molecular flexibility index (Phi) is 5.16. The van der Waals surface area contributed by atoms with Crippen molar-refractivity contribution >= 4 is 35.0 Å². The molecule has 3 fully saturated rings. The van der Waals surface area contributed by atoms with Gasteiger partial charge in [-0.3, -0.25) is 9.59 Å². The molecule has 6 rings (SSSR count). The van der Waals surface area contributed by atoms with Crippen LogP contribution in [0.15, 0.2) is 24.4 Å². The van der Waals surface area contributed by atoms with Gasteiger partial charge in [0.15, 0.2) is 5.82 Å². The summed E-state index contributed by atoms with van der Waals surface area (Å²) >= 11 is 0. The minimum absolute atomic E-state index is 0.0290. The third-order valence-corrected chi connectivity index (χ3v) is 8.33. The number of ether oxygens (including phenoxy) is 1. The van der Waals surface area contributed by atoms with E-state index in [4.69, 9.17) is 9.72 Å². The van der Waals surface area contributed by atoms with Crippen LogP contribution >= 0.6 is 0 Å². The molecule has 1 aromatic carbocycles. The van der Waals surface area contributed by atoms with Gasteiger partial charge in [0.25, 0.3) is 11.8 Å². The van der Waals surface area contributed by atoms with E-state index in [9.17, 15) is 18.4 Å². The molecule has 2 spiro atoms. The molecule has 3 aliphatic carbocycles. The van der Waals surface area contributed by atoms with Gasteiger partial charge in [-0.25, -0.2) is 13.8 Å². The first kappa shape index (κ1) is 23.9. The molecular weight excluding hydrogens is 482 g/mol. The maximum absolute atomic E-state index is 14.2. The van der Waals surface area contributed by atoms with E-state index in [1.165, 1.54) is 7.11 Å². The molecule has 2 N–H and O–H groups in total. The van der Waals surface area contributed by atoms with Gasteiger partial charge in [-0.1, -0.05) is 0 Å². The lowest BCUT2D eigenvalue weighted by Crippen LogP contribution is -2.56. The number of amides is 2. The molecule has 1 aliphatic heterocycles. The van der Waals surface area contributed by atoms with Gasteiger partial charge in [-0.05, 0) is 56.2 Å². The van der Waals surface area contributed by atoms with Crippen molar-refractivity contribution in [2.24, 2.45) is 5.41 Å². The summed E-state index contributed by atoms with van der Waals surface area (Å²) in [5.41, 5.74) is 0.416. The van der Waals surface area contributed by atoms with Crippen LogP contribution in [0.3, 0.4) is 0 Å². The molecule has 1 aromatic heterocycles. The molecule has 4 aliphatic rings. The maximum atomic E-state index is 14.2. The van der Waals surface area contributed by atoms with Crippen LogP contribution in [0.2, 0.25) is 0 Å². The lowest BCUT2D eigenvalue weighted by molar-refractivity contribution is -0.120. The van der Waals surface area contributed by atoms with E-state index in [0.717, 1.165) is 0 Å². The number of hydrogen-bond acceptors (Lipinski definition) is 7. The zero-order valence-electron chi connectivity index (χ0n) is 21.1. The number of carbonyl (C=O) groups is 2. The third-order valence-electron chi connectivity index (χ3n) is 8.33. The van der Waals surface area contributed by atoms with Crippen molar-refractivity contribution in [1.82, 2.24) is 15.3 Å². The molecule has 2 atom stereocenters. The molecule has 2 amide bonds. The number of nitrogens with zero attached hydrogens (tertiary/aromatic N) is 4. The van der Waals surface area contributed by atoms with Crippen LogP contribution in [0.25, 0.3) is 0 Å². The largest absolute Gasteiger partial charge is 0.495 e. The third kappa shape index (κ3) is 3.69. The fraction of sp³-hybridized carbons (Fsp3) is 0.538. The number of likely N-dealkylation sites (N-methyl/N-ethyl adjacent to an activating group) is 1. The Morgan fingerprint density at radius 2 is 2.03 bits per heavy atom. The Hall–Kier alpha value is -3.50. The first-order chi connectivity index (χ1) is 17.6. The average Bonchev–Trinajstić information content (AvgIpc) is 3.77. The predicted octanol–water partition coefficient (Wildman–Crippen LogP) is 3.87. The summed E-state index contributed by atoms with van der Waals surface area (Å²) in [6, 6.07) is 4.89. The molecule has 11 heteroatoms. The first-order valence-electron chi connectivity index (χ1n) is 12.7. The number of anilines is 4. The van der Waals surface area contributed by atoms with Gasteiger partial charge >= 0.3 is 0 Å². The lowest BCUT2D eigenvalue weighted by Gasteiger charge is -2.42. The highest BCUT2D eigenvalue weighted by Crippen LogP contribution is 2.68. The predicted molar refractivity (Wildman–Crippen MR) is 134 cm³/mol. The number of benzene rings is 1. The number of nitrogens with one attached hydrogen (secondary N) is 2. The number of rotatable bonds is 6. The van der Waals surface area contributed by atoms with E-state index < -0.39 is 16.9 Å². The Morgan fingerprint density at radius 1 is 1.24 bits per heavy atom. The number of hydrogen-bond donors (Lipinski definition) is 2. The topological polar surface area (TPSA) is 99.7 Å². The molecule has 9 nitrogen and oxygen atoms in total. The van der Waals surface area contributed by atoms with E-state index in [1.807, 2.05) is 11.8 Å². The van der Waals surface area contributed by atoms with Crippen LogP contribution in [0, 0.1) is 5.41 Å². The number of alkyl halides is 2. The van der Waals surface area contributed by atoms with Gasteiger partial charge in [0.05, 0.1) is 19.0 Å². The molecule has 0 radical (unpaired) electrons. The van der Waals surface area contributed by atoms with Gasteiger partial charge < -0.3 is 25.2 Å². The van der Waals surface area contributed by atoms with Crippen molar-refractivity contribution in [3.8, 4) is 5.75 Å². The zero-order chi connectivity index (χ0) is 26.2. The van der Waals surface area contributed by atoms with E-state index in [-0.39, 0.29) is 36.6 Å². The molecule has 196 valence electrons. The molecule has 0 bridgehead atoms. The summed E-state index contributed by atoms with van der Waals surface area (Å²) in [6.07, 6.45) is 3.82. The van der Waals surface area contributed by atoms with Gasteiger partial charge in [-0.2, -0.15) is 4.98 Å². The number of methoxy groups -OCH3 is 1. The Morgan fingerprint density at radius 3 is 2.68 bits per heavy atom. The number of carbonyl (C=O) groups excluding carboxylic acids is 2. The van der Waals surface area contributed by atoms with Crippen molar-refractivity contribution in [2.75, 3.05) is 35.8 Å². The molecular formula is C26H30F2N6O3. The molecule has 2 unspecified atom stereocenters. The zero-order valence-corrected chi connectivity index (χ0v) is 21.1. The average molecular weight is 513 g/mol. The van der Waals surface area contributed by atoms with Gasteiger partial charge in [0, 0.05) is 38.0 Å². The van der Waals surface area contributed by atoms with Crippen LogP contribution in [0.4, 0.5) is 31.9 Å². The van der Waals surface area contributed by atoms with Crippen LogP contribution in [-0.4, -0.2) is 60.0 Å². The Labute approximate surface area is 213 Å². The lowest BCUT2D eigenvalue weighted by atomic mass is 10.0. The van der Waals surface area contributed by atoms with Gasteiger partial charge in [0.1, 0.15) is 17.0 Å². The SMILES string of the molecule is CCNC(=O)c1ccc(Nc2ncc3c(n2)N(C2CC24CCC(F)(F)C4)C2(CC2)C(=O)N3C)c(OC)c1. The molecule has 0 saturated heterocycles. The van der Waals surface area contributed by atoms with E-state index in [1.54, 1.807) is 36.3 Å². The van der Waals surface area contributed by atoms with Crippen LogP contribution in [0.1, 0.15) is 55.8 Å². The Balaban J connectivity index is 1.34. The van der Waals surface area contributed by atoms with Crippen LogP contribution in [-0.2, 0) is 4.79 Å². The van der Waals surface area contributed by atoms with Crippen LogP contribution < -0.4 is 25.2 Å². The summed E-state index contributed by atoms with van der Waals surface area (Å²) < 4.78 is 33.9. The molecule has 3 saturated carbocycles. The van der Waals surface area contributed by atoms with Crippen molar-refractivity contribution in [2.45, 2.75) is 63.0 Å². The maximum Gasteiger partial charge on any atom is 0.252 e. The second-order valence-electron chi connectivity index (χ2n) is 10.7. The van der Waals surface area contributed by atoms with E-state index in [0.29, 0.717) is 60.7 Å². The van der Waals surface area contributed by atoms with Crippen LogP contribution in [0.5, 0.6) is 5.75 Å². The highest BCUT2D eigenvalue weighted by atomic mass is 19.3.